The second-order valence-corrected chi connectivity index (χ2v) is 6.02. The van der Waals surface area contributed by atoms with Crippen LogP contribution in [0.3, 0.4) is 0 Å². The molecule has 0 aliphatic rings. The minimum atomic E-state index is 0.762. The lowest BCUT2D eigenvalue weighted by molar-refractivity contribution is 0.659. The Morgan fingerprint density at radius 2 is 1.58 bits per heavy atom. The van der Waals surface area contributed by atoms with Crippen LogP contribution in [0.25, 0.3) is 0 Å². The Morgan fingerprint density at radius 3 is 2.11 bits per heavy atom. The quantitative estimate of drug-likeness (QED) is 0.323. The third-order valence-corrected chi connectivity index (χ3v) is 3.13. The molecule has 0 saturated heterocycles. The second kappa shape index (κ2) is 10.8. The molecule has 19 heavy (non-hydrogen) atoms. The summed E-state index contributed by atoms with van der Waals surface area (Å²) in [7, 11) is 0. The van der Waals surface area contributed by atoms with E-state index in [1.807, 2.05) is 6.08 Å². The molecule has 0 unspecified atom stereocenters. The van der Waals surface area contributed by atoms with E-state index in [2.05, 4.69) is 59.4 Å². The minimum absolute atomic E-state index is 0.762. The highest BCUT2D eigenvalue weighted by molar-refractivity contribution is 5.17. The van der Waals surface area contributed by atoms with E-state index in [-0.39, 0.29) is 0 Å². The molecule has 0 bridgehead atoms. The smallest absolute Gasteiger partial charge is 0.0247 e. The van der Waals surface area contributed by atoms with Gasteiger partial charge in [0.25, 0.3) is 0 Å². The summed E-state index contributed by atoms with van der Waals surface area (Å²) in [6.07, 6.45) is 14.8. The van der Waals surface area contributed by atoms with Crippen LogP contribution in [0.5, 0.6) is 0 Å². The first kappa shape index (κ1) is 18.0. The zero-order valence-electron chi connectivity index (χ0n) is 13.6. The van der Waals surface area contributed by atoms with Crippen LogP contribution >= 0.6 is 0 Å². The maximum Gasteiger partial charge on any atom is -0.0247 e. The van der Waals surface area contributed by atoms with Crippen molar-refractivity contribution in [2.24, 2.45) is 5.92 Å². The first-order valence-corrected chi connectivity index (χ1v) is 7.56. The van der Waals surface area contributed by atoms with E-state index in [1.54, 1.807) is 0 Å². The summed E-state index contributed by atoms with van der Waals surface area (Å²) in [6, 6.07) is 0. The lowest BCUT2D eigenvalue weighted by atomic mass is 10.0. The Balaban J connectivity index is 4.09. The van der Waals surface area contributed by atoms with Gasteiger partial charge in [0.1, 0.15) is 0 Å². The van der Waals surface area contributed by atoms with Crippen molar-refractivity contribution in [3.05, 3.63) is 47.6 Å². The zero-order valence-corrected chi connectivity index (χ0v) is 13.6. The second-order valence-electron chi connectivity index (χ2n) is 6.02. The van der Waals surface area contributed by atoms with Gasteiger partial charge in [0.2, 0.25) is 0 Å². The molecule has 0 aromatic heterocycles. The van der Waals surface area contributed by atoms with Crippen LogP contribution < -0.4 is 0 Å². The monoisotopic (exact) mass is 260 g/mol. The van der Waals surface area contributed by atoms with Gasteiger partial charge >= 0.3 is 0 Å². The molecule has 0 heteroatoms. The van der Waals surface area contributed by atoms with Gasteiger partial charge in [-0.1, -0.05) is 61.4 Å². The largest absolute Gasteiger partial charge is 0.0988 e. The van der Waals surface area contributed by atoms with E-state index in [1.165, 1.54) is 29.6 Å². The Labute approximate surface area is 121 Å². The van der Waals surface area contributed by atoms with Crippen molar-refractivity contribution in [1.29, 1.82) is 0 Å². The van der Waals surface area contributed by atoms with Gasteiger partial charge in [-0.05, 0) is 58.8 Å². The summed E-state index contributed by atoms with van der Waals surface area (Å²) in [5, 5.41) is 0. The van der Waals surface area contributed by atoms with Gasteiger partial charge in [-0.15, -0.1) is 0 Å². The lowest BCUT2D eigenvalue weighted by Gasteiger charge is -2.03. The standard InChI is InChI=1S/C19H32/c1-7-19(12-8-10-16(2)3)13-9-11-18(6)15-14-17(4)5/h7,10,13,15,17H,1,8-9,11-12,14H2,2-6H3/b18-15+,19-13+. The van der Waals surface area contributed by atoms with E-state index >= 15 is 0 Å². The van der Waals surface area contributed by atoms with Gasteiger partial charge in [-0.2, -0.15) is 0 Å². The molecule has 0 radical (unpaired) electrons. The molecule has 0 nitrogen and oxygen atoms in total. The molecule has 0 aromatic rings. The fourth-order valence-corrected chi connectivity index (χ4v) is 1.84. The summed E-state index contributed by atoms with van der Waals surface area (Å²) >= 11 is 0. The van der Waals surface area contributed by atoms with Crippen molar-refractivity contribution in [3.8, 4) is 0 Å². The summed E-state index contributed by atoms with van der Waals surface area (Å²) in [5.74, 6) is 0.762. The Morgan fingerprint density at radius 1 is 0.947 bits per heavy atom. The molecule has 0 heterocycles. The maximum absolute atomic E-state index is 3.91. The summed E-state index contributed by atoms with van der Waals surface area (Å²) in [6.45, 7) is 15.0. The van der Waals surface area contributed by atoms with Gasteiger partial charge in [0.05, 0.1) is 0 Å². The predicted molar refractivity (Wildman–Crippen MR) is 89.4 cm³/mol. The summed E-state index contributed by atoms with van der Waals surface area (Å²) in [4.78, 5) is 0. The van der Waals surface area contributed by atoms with E-state index in [9.17, 15) is 0 Å². The first-order valence-electron chi connectivity index (χ1n) is 7.56. The Hall–Kier alpha value is -1.04. The first-order chi connectivity index (χ1) is 8.95. The molecule has 0 amide bonds. The fraction of sp³-hybridized carbons (Fsp3) is 0.579. The van der Waals surface area contributed by atoms with Crippen molar-refractivity contribution in [3.63, 3.8) is 0 Å². The average molecular weight is 260 g/mol. The molecular weight excluding hydrogens is 228 g/mol. The third-order valence-electron chi connectivity index (χ3n) is 3.13. The molecular formula is C19H32. The van der Waals surface area contributed by atoms with E-state index in [0.29, 0.717) is 0 Å². The minimum Gasteiger partial charge on any atom is -0.0988 e. The maximum atomic E-state index is 3.91. The Bertz CT molecular complexity index is 333. The summed E-state index contributed by atoms with van der Waals surface area (Å²) in [5.41, 5.74) is 4.29. The molecule has 0 fully saturated rings. The van der Waals surface area contributed by atoms with Gasteiger partial charge in [0, 0.05) is 0 Å². The average Bonchev–Trinajstić information content (AvgIpc) is 2.34. The van der Waals surface area contributed by atoms with Crippen LogP contribution in [0, 0.1) is 5.92 Å². The van der Waals surface area contributed by atoms with Crippen LogP contribution in [-0.2, 0) is 0 Å². The van der Waals surface area contributed by atoms with Crippen LogP contribution in [-0.4, -0.2) is 0 Å². The van der Waals surface area contributed by atoms with Gasteiger partial charge < -0.3 is 0 Å². The van der Waals surface area contributed by atoms with Crippen molar-refractivity contribution < 1.29 is 0 Å². The molecule has 0 N–H and O–H groups in total. The van der Waals surface area contributed by atoms with Crippen molar-refractivity contribution in [2.45, 2.75) is 66.7 Å². The molecule has 0 aromatic carbocycles. The molecule has 0 aliphatic heterocycles. The van der Waals surface area contributed by atoms with E-state index in [0.717, 1.165) is 25.2 Å². The van der Waals surface area contributed by atoms with Crippen LogP contribution in [0.2, 0.25) is 0 Å². The van der Waals surface area contributed by atoms with Crippen LogP contribution in [0.1, 0.15) is 66.7 Å². The highest BCUT2D eigenvalue weighted by Crippen LogP contribution is 2.14. The predicted octanol–water partition coefficient (Wildman–Crippen LogP) is 6.62. The normalized spacial score (nSPS) is 12.7. The number of allylic oxidation sites excluding steroid dienone is 7. The molecule has 108 valence electrons. The van der Waals surface area contributed by atoms with Gasteiger partial charge in [-0.3, -0.25) is 0 Å². The van der Waals surface area contributed by atoms with Gasteiger partial charge in [0.15, 0.2) is 0 Å². The molecule has 0 aliphatic carbocycles. The van der Waals surface area contributed by atoms with Crippen molar-refractivity contribution in [1.82, 2.24) is 0 Å². The zero-order chi connectivity index (χ0) is 14.7. The molecule has 0 atom stereocenters. The van der Waals surface area contributed by atoms with Crippen molar-refractivity contribution in [2.75, 3.05) is 0 Å². The molecule has 0 saturated carbocycles. The summed E-state index contributed by atoms with van der Waals surface area (Å²) < 4.78 is 0. The van der Waals surface area contributed by atoms with Crippen LogP contribution in [0.15, 0.2) is 47.6 Å². The van der Waals surface area contributed by atoms with Crippen LogP contribution in [0.4, 0.5) is 0 Å². The molecule has 0 spiro atoms. The topological polar surface area (TPSA) is 0 Å². The van der Waals surface area contributed by atoms with Crippen molar-refractivity contribution >= 4 is 0 Å². The SMILES string of the molecule is C=C/C(=C\CC/C(C)=C/CC(C)C)CCC=C(C)C. The lowest BCUT2D eigenvalue weighted by Crippen LogP contribution is -1.85. The fourth-order valence-electron chi connectivity index (χ4n) is 1.84. The number of hydrogen-bond acceptors (Lipinski definition) is 0. The van der Waals surface area contributed by atoms with E-state index < -0.39 is 0 Å². The van der Waals surface area contributed by atoms with Gasteiger partial charge in [-0.25, -0.2) is 0 Å². The highest BCUT2D eigenvalue weighted by atomic mass is 14.0. The highest BCUT2D eigenvalue weighted by Gasteiger charge is 1.94. The third kappa shape index (κ3) is 11.8. The number of hydrogen-bond donors (Lipinski definition) is 0. The van der Waals surface area contributed by atoms with E-state index in [4.69, 9.17) is 0 Å². The molecule has 0 rings (SSSR count). The Kier molecular flexibility index (Phi) is 10.2. The number of rotatable bonds is 9.